The van der Waals surface area contributed by atoms with E-state index in [0.717, 1.165) is 31.9 Å². The van der Waals surface area contributed by atoms with Gasteiger partial charge in [0.15, 0.2) is 0 Å². The smallest absolute Gasteiger partial charge is 0.215 e. The summed E-state index contributed by atoms with van der Waals surface area (Å²) in [5.41, 5.74) is 6.62. The van der Waals surface area contributed by atoms with Crippen LogP contribution < -0.4 is 16.0 Å². The van der Waals surface area contributed by atoms with Crippen LogP contribution >= 0.6 is 15.9 Å². The van der Waals surface area contributed by atoms with Crippen LogP contribution in [0, 0.1) is 5.92 Å². The van der Waals surface area contributed by atoms with E-state index in [0.29, 0.717) is 27.7 Å². The monoisotopic (exact) mass is 417 g/mol. The second kappa shape index (κ2) is 8.14. The van der Waals surface area contributed by atoms with Crippen LogP contribution in [0.3, 0.4) is 0 Å². The topological polar surface area (TPSA) is 84.1 Å². The Balaban J connectivity index is 1.82. The molecular weight excluding hydrogens is 394 g/mol. The molecule has 1 saturated heterocycles. The second-order valence-electron chi connectivity index (χ2n) is 7.02. The van der Waals surface area contributed by atoms with Gasteiger partial charge in [-0.15, -0.1) is 0 Å². The SMILES string of the molecule is CC(C)C[C@H]1CN(c2cccc(C(=O)c3cc(Br)cnc3N)n2)CCN1. The summed E-state index contributed by atoms with van der Waals surface area (Å²) in [6.45, 7) is 7.14. The molecule has 0 unspecified atom stereocenters. The van der Waals surface area contributed by atoms with Crippen LogP contribution in [0.4, 0.5) is 11.6 Å². The molecule has 3 N–H and O–H groups in total. The fraction of sp³-hybridized carbons (Fsp3) is 0.421. The molecule has 26 heavy (non-hydrogen) atoms. The molecule has 3 heterocycles. The number of carbonyl (C=O) groups excluding carboxylic acids is 1. The highest BCUT2D eigenvalue weighted by Gasteiger charge is 2.22. The van der Waals surface area contributed by atoms with Gasteiger partial charge in [-0.2, -0.15) is 0 Å². The lowest BCUT2D eigenvalue weighted by Crippen LogP contribution is -2.51. The molecule has 2 aromatic rings. The molecule has 0 radical (unpaired) electrons. The van der Waals surface area contributed by atoms with Crippen LogP contribution in [-0.2, 0) is 0 Å². The fourth-order valence-electron chi connectivity index (χ4n) is 3.26. The predicted octanol–water partition coefficient (Wildman–Crippen LogP) is 2.88. The Morgan fingerprint density at radius 1 is 1.46 bits per heavy atom. The van der Waals surface area contributed by atoms with Crippen molar-refractivity contribution in [1.29, 1.82) is 0 Å². The van der Waals surface area contributed by atoms with Gasteiger partial charge in [-0.25, -0.2) is 9.97 Å². The first-order valence-electron chi connectivity index (χ1n) is 8.85. The lowest BCUT2D eigenvalue weighted by molar-refractivity contribution is 0.103. The quantitative estimate of drug-likeness (QED) is 0.727. The van der Waals surface area contributed by atoms with Gasteiger partial charge in [0, 0.05) is 36.3 Å². The van der Waals surface area contributed by atoms with Crippen molar-refractivity contribution >= 4 is 33.3 Å². The Hall–Kier alpha value is -1.99. The Bertz CT molecular complexity index is 795. The van der Waals surface area contributed by atoms with Crippen LogP contribution in [-0.4, -0.2) is 41.4 Å². The summed E-state index contributed by atoms with van der Waals surface area (Å²) in [6, 6.07) is 7.67. The summed E-state index contributed by atoms with van der Waals surface area (Å²) in [5, 5.41) is 3.56. The lowest BCUT2D eigenvalue weighted by atomic mass is 10.0. The van der Waals surface area contributed by atoms with Gasteiger partial charge in [0.05, 0.1) is 5.56 Å². The second-order valence-corrected chi connectivity index (χ2v) is 7.94. The molecule has 0 aliphatic carbocycles. The maximum absolute atomic E-state index is 12.8. The maximum Gasteiger partial charge on any atom is 0.215 e. The molecule has 1 aliphatic rings. The number of aromatic nitrogens is 2. The molecular formula is C19H24BrN5O. The van der Waals surface area contributed by atoms with Crippen molar-refractivity contribution in [2.24, 2.45) is 5.92 Å². The van der Waals surface area contributed by atoms with Gasteiger partial charge in [-0.1, -0.05) is 19.9 Å². The average Bonchev–Trinajstić information content (AvgIpc) is 2.63. The van der Waals surface area contributed by atoms with Crippen molar-refractivity contribution in [3.05, 3.63) is 46.2 Å². The maximum atomic E-state index is 12.8. The van der Waals surface area contributed by atoms with Crippen molar-refractivity contribution in [3.63, 3.8) is 0 Å². The van der Waals surface area contributed by atoms with Crippen molar-refractivity contribution in [2.45, 2.75) is 26.3 Å². The van der Waals surface area contributed by atoms with E-state index in [1.807, 2.05) is 12.1 Å². The third kappa shape index (κ3) is 4.40. The molecule has 138 valence electrons. The van der Waals surface area contributed by atoms with Gasteiger partial charge in [-0.3, -0.25) is 4.79 Å². The van der Waals surface area contributed by atoms with Crippen molar-refractivity contribution < 1.29 is 4.79 Å². The van der Waals surface area contributed by atoms with E-state index in [2.05, 4.69) is 50.0 Å². The Kier molecular flexibility index (Phi) is 5.88. The van der Waals surface area contributed by atoms with Crippen molar-refractivity contribution in [3.8, 4) is 0 Å². The minimum absolute atomic E-state index is 0.213. The number of hydrogen-bond donors (Lipinski definition) is 2. The number of anilines is 2. The molecule has 0 amide bonds. The van der Waals surface area contributed by atoms with E-state index in [1.165, 1.54) is 0 Å². The van der Waals surface area contributed by atoms with Crippen molar-refractivity contribution in [2.75, 3.05) is 30.3 Å². The van der Waals surface area contributed by atoms with E-state index in [9.17, 15) is 4.79 Å². The number of nitrogens with two attached hydrogens (primary N) is 1. The van der Waals surface area contributed by atoms with Gasteiger partial charge in [0.25, 0.3) is 0 Å². The molecule has 1 atom stereocenters. The summed E-state index contributed by atoms with van der Waals surface area (Å²) < 4.78 is 0.713. The standard InChI is InChI=1S/C19H24BrN5O/c1-12(2)8-14-11-25(7-6-22-14)17-5-3-4-16(24-17)18(26)15-9-13(20)10-23-19(15)21/h3-5,9-10,12,14,22H,6-8,11H2,1-2H3,(H2,21,23)/t14-/m0/s1. The number of pyridine rings is 2. The number of hydrogen-bond acceptors (Lipinski definition) is 6. The number of nitrogens with one attached hydrogen (secondary N) is 1. The summed E-state index contributed by atoms with van der Waals surface area (Å²) in [7, 11) is 0. The van der Waals surface area contributed by atoms with Gasteiger partial charge in [0.1, 0.15) is 17.3 Å². The van der Waals surface area contributed by atoms with Crippen molar-refractivity contribution in [1.82, 2.24) is 15.3 Å². The summed E-state index contributed by atoms with van der Waals surface area (Å²) >= 11 is 3.33. The first-order chi connectivity index (χ1) is 12.4. The molecule has 3 rings (SSSR count). The number of piperazine rings is 1. The molecule has 7 heteroatoms. The molecule has 0 saturated carbocycles. The minimum atomic E-state index is -0.216. The number of carbonyl (C=O) groups is 1. The number of rotatable bonds is 5. The van der Waals surface area contributed by atoms with E-state index in [-0.39, 0.29) is 11.6 Å². The zero-order chi connectivity index (χ0) is 18.7. The Labute approximate surface area is 162 Å². The highest BCUT2D eigenvalue weighted by molar-refractivity contribution is 9.10. The van der Waals surface area contributed by atoms with Crippen LogP contribution in [0.15, 0.2) is 34.9 Å². The Morgan fingerprint density at radius 3 is 3.04 bits per heavy atom. The average molecular weight is 418 g/mol. The summed E-state index contributed by atoms with van der Waals surface area (Å²) in [5.74, 6) is 1.46. The molecule has 6 nitrogen and oxygen atoms in total. The van der Waals surface area contributed by atoms with Gasteiger partial charge in [-0.05, 0) is 46.5 Å². The molecule has 0 bridgehead atoms. The third-order valence-electron chi connectivity index (χ3n) is 4.43. The number of nitrogens with zero attached hydrogens (tertiary/aromatic N) is 3. The van der Waals surface area contributed by atoms with Crippen LogP contribution in [0.5, 0.6) is 0 Å². The number of ketones is 1. The minimum Gasteiger partial charge on any atom is -0.383 e. The predicted molar refractivity (Wildman–Crippen MR) is 107 cm³/mol. The van der Waals surface area contributed by atoms with Gasteiger partial charge >= 0.3 is 0 Å². The van der Waals surface area contributed by atoms with E-state index >= 15 is 0 Å². The van der Waals surface area contributed by atoms with Crippen LogP contribution in [0.1, 0.15) is 36.3 Å². The van der Waals surface area contributed by atoms with Crippen LogP contribution in [0.25, 0.3) is 0 Å². The first kappa shape index (κ1) is 18.8. The molecule has 0 spiro atoms. The molecule has 2 aromatic heterocycles. The zero-order valence-corrected chi connectivity index (χ0v) is 16.7. The molecule has 1 aliphatic heterocycles. The molecule has 0 aromatic carbocycles. The first-order valence-corrected chi connectivity index (χ1v) is 9.64. The van der Waals surface area contributed by atoms with E-state index in [4.69, 9.17) is 5.73 Å². The number of halogens is 1. The Morgan fingerprint density at radius 2 is 2.27 bits per heavy atom. The largest absolute Gasteiger partial charge is 0.383 e. The van der Waals surface area contributed by atoms with E-state index < -0.39 is 0 Å². The highest BCUT2D eigenvalue weighted by Crippen LogP contribution is 2.21. The summed E-state index contributed by atoms with van der Waals surface area (Å²) in [6.07, 6.45) is 2.70. The third-order valence-corrected chi connectivity index (χ3v) is 4.87. The summed E-state index contributed by atoms with van der Waals surface area (Å²) in [4.78, 5) is 23.7. The lowest BCUT2D eigenvalue weighted by Gasteiger charge is -2.35. The fourth-order valence-corrected chi connectivity index (χ4v) is 3.59. The van der Waals surface area contributed by atoms with E-state index in [1.54, 1.807) is 18.3 Å². The van der Waals surface area contributed by atoms with Gasteiger partial charge in [0.2, 0.25) is 5.78 Å². The molecule has 1 fully saturated rings. The normalized spacial score (nSPS) is 17.5. The van der Waals surface area contributed by atoms with Gasteiger partial charge < -0.3 is 16.0 Å². The zero-order valence-electron chi connectivity index (χ0n) is 15.1. The highest BCUT2D eigenvalue weighted by atomic mass is 79.9. The number of nitrogen functional groups attached to an aromatic ring is 1. The van der Waals surface area contributed by atoms with Crippen LogP contribution in [0.2, 0.25) is 0 Å².